The molecule has 1 unspecified atom stereocenters. The number of ether oxygens (including phenoxy) is 2. The van der Waals surface area contributed by atoms with Crippen molar-refractivity contribution in [3.8, 4) is 5.75 Å². The van der Waals surface area contributed by atoms with Crippen molar-refractivity contribution < 1.29 is 9.47 Å². The van der Waals surface area contributed by atoms with Gasteiger partial charge in [-0.05, 0) is 66.9 Å². The molecule has 114 valence electrons. The SMILES string of the molecule is CCNC(Cc1ccc(OC)c(Br)c1)CC(C)(C)OC. The maximum atomic E-state index is 5.54. The third-order valence-corrected chi connectivity index (χ3v) is 4.10. The smallest absolute Gasteiger partial charge is 0.133 e. The monoisotopic (exact) mass is 343 g/mol. The van der Waals surface area contributed by atoms with Crippen LogP contribution in [-0.4, -0.2) is 32.4 Å². The molecule has 0 saturated heterocycles. The van der Waals surface area contributed by atoms with E-state index in [-0.39, 0.29) is 5.60 Å². The van der Waals surface area contributed by atoms with Crippen LogP contribution in [0.5, 0.6) is 5.75 Å². The second-order valence-corrected chi connectivity index (χ2v) is 6.45. The zero-order chi connectivity index (χ0) is 15.2. The lowest BCUT2D eigenvalue weighted by Crippen LogP contribution is -2.39. The summed E-state index contributed by atoms with van der Waals surface area (Å²) in [6.07, 6.45) is 1.95. The fraction of sp³-hybridized carbons (Fsp3) is 0.625. The van der Waals surface area contributed by atoms with E-state index < -0.39 is 0 Å². The summed E-state index contributed by atoms with van der Waals surface area (Å²) in [5.41, 5.74) is 1.17. The van der Waals surface area contributed by atoms with E-state index in [1.807, 2.05) is 6.07 Å². The fourth-order valence-corrected chi connectivity index (χ4v) is 2.89. The lowest BCUT2D eigenvalue weighted by molar-refractivity contribution is 0.00726. The summed E-state index contributed by atoms with van der Waals surface area (Å²) in [5, 5.41) is 3.54. The first-order valence-corrected chi connectivity index (χ1v) is 7.82. The van der Waals surface area contributed by atoms with Crippen LogP contribution in [0.4, 0.5) is 0 Å². The molecule has 3 nitrogen and oxygen atoms in total. The van der Waals surface area contributed by atoms with E-state index in [9.17, 15) is 0 Å². The lowest BCUT2D eigenvalue weighted by atomic mass is 9.94. The summed E-state index contributed by atoms with van der Waals surface area (Å²) < 4.78 is 11.8. The van der Waals surface area contributed by atoms with Crippen molar-refractivity contribution in [2.75, 3.05) is 20.8 Å². The highest BCUT2D eigenvalue weighted by Gasteiger charge is 2.22. The van der Waals surface area contributed by atoms with E-state index >= 15 is 0 Å². The summed E-state index contributed by atoms with van der Waals surface area (Å²) in [7, 11) is 3.45. The van der Waals surface area contributed by atoms with Crippen molar-refractivity contribution in [1.82, 2.24) is 5.32 Å². The van der Waals surface area contributed by atoms with Crippen LogP contribution >= 0.6 is 15.9 Å². The average Bonchev–Trinajstić information content (AvgIpc) is 2.39. The first-order valence-electron chi connectivity index (χ1n) is 7.02. The molecule has 0 amide bonds. The predicted molar refractivity (Wildman–Crippen MR) is 87.6 cm³/mol. The number of halogens is 1. The van der Waals surface area contributed by atoms with Crippen LogP contribution in [0.3, 0.4) is 0 Å². The highest BCUT2D eigenvalue weighted by atomic mass is 79.9. The first-order chi connectivity index (χ1) is 9.41. The molecule has 0 aliphatic carbocycles. The van der Waals surface area contributed by atoms with Gasteiger partial charge in [0.1, 0.15) is 5.75 Å². The van der Waals surface area contributed by atoms with E-state index in [1.54, 1.807) is 14.2 Å². The summed E-state index contributed by atoms with van der Waals surface area (Å²) in [6.45, 7) is 7.35. The molecule has 1 aromatic carbocycles. The van der Waals surface area contributed by atoms with Gasteiger partial charge in [0, 0.05) is 13.2 Å². The van der Waals surface area contributed by atoms with E-state index in [0.29, 0.717) is 6.04 Å². The van der Waals surface area contributed by atoms with Gasteiger partial charge in [-0.15, -0.1) is 0 Å². The van der Waals surface area contributed by atoms with Crippen LogP contribution in [0.2, 0.25) is 0 Å². The molecule has 0 fully saturated rings. The molecular weight excluding hydrogens is 318 g/mol. The molecule has 4 heteroatoms. The highest BCUT2D eigenvalue weighted by Crippen LogP contribution is 2.27. The molecule has 1 atom stereocenters. The normalized spacial score (nSPS) is 13.3. The zero-order valence-corrected chi connectivity index (χ0v) is 14.7. The summed E-state index contributed by atoms with van der Waals surface area (Å²) in [6, 6.07) is 6.65. The Morgan fingerprint density at radius 2 is 2.00 bits per heavy atom. The second kappa shape index (κ2) is 8.01. The van der Waals surface area contributed by atoms with E-state index in [1.165, 1.54) is 5.56 Å². The topological polar surface area (TPSA) is 30.5 Å². The molecule has 0 aliphatic rings. The quantitative estimate of drug-likeness (QED) is 0.778. The van der Waals surface area contributed by atoms with Crippen molar-refractivity contribution in [2.24, 2.45) is 0 Å². The molecule has 0 aromatic heterocycles. The van der Waals surface area contributed by atoms with Gasteiger partial charge in [-0.25, -0.2) is 0 Å². The Morgan fingerprint density at radius 3 is 2.50 bits per heavy atom. The second-order valence-electron chi connectivity index (χ2n) is 5.60. The Hall–Kier alpha value is -0.580. The number of rotatable bonds is 8. The lowest BCUT2D eigenvalue weighted by Gasteiger charge is -2.29. The Morgan fingerprint density at radius 1 is 1.30 bits per heavy atom. The Labute approximate surface area is 131 Å². The molecule has 0 heterocycles. The minimum absolute atomic E-state index is 0.115. The molecule has 0 bridgehead atoms. The third-order valence-electron chi connectivity index (χ3n) is 3.48. The molecule has 0 aliphatic heterocycles. The van der Waals surface area contributed by atoms with Gasteiger partial charge < -0.3 is 14.8 Å². The highest BCUT2D eigenvalue weighted by molar-refractivity contribution is 9.10. The van der Waals surface area contributed by atoms with Gasteiger partial charge in [0.05, 0.1) is 17.2 Å². The van der Waals surface area contributed by atoms with Crippen molar-refractivity contribution in [2.45, 2.75) is 45.3 Å². The molecule has 1 rings (SSSR count). The van der Waals surface area contributed by atoms with E-state index in [0.717, 1.165) is 29.6 Å². The molecule has 20 heavy (non-hydrogen) atoms. The van der Waals surface area contributed by atoms with Gasteiger partial charge in [0.15, 0.2) is 0 Å². The molecule has 1 aromatic rings. The predicted octanol–water partition coefficient (Wildman–Crippen LogP) is 3.79. The van der Waals surface area contributed by atoms with Crippen LogP contribution in [0.25, 0.3) is 0 Å². The number of methoxy groups -OCH3 is 2. The van der Waals surface area contributed by atoms with Crippen LogP contribution < -0.4 is 10.1 Å². The maximum absolute atomic E-state index is 5.54. The Balaban J connectivity index is 2.77. The fourth-order valence-electron chi connectivity index (χ4n) is 2.30. The van der Waals surface area contributed by atoms with Crippen LogP contribution in [0.1, 0.15) is 32.8 Å². The third kappa shape index (κ3) is 5.43. The minimum Gasteiger partial charge on any atom is -0.496 e. The van der Waals surface area contributed by atoms with E-state index in [4.69, 9.17) is 9.47 Å². The van der Waals surface area contributed by atoms with Crippen LogP contribution in [-0.2, 0) is 11.2 Å². The van der Waals surface area contributed by atoms with Gasteiger partial charge >= 0.3 is 0 Å². The first kappa shape index (κ1) is 17.5. The van der Waals surface area contributed by atoms with Crippen molar-refractivity contribution in [1.29, 1.82) is 0 Å². The number of nitrogens with one attached hydrogen (secondary N) is 1. The van der Waals surface area contributed by atoms with Crippen molar-refractivity contribution in [3.63, 3.8) is 0 Å². The molecular formula is C16H26BrNO2. The Bertz CT molecular complexity index is 421. The minimum atomic E-state index is -0.115. The van der Waals surface area contributed by atoms with Gasteiger partial charge in [0.2, 0.25) is 0 Å². The molecule has 0 radical (unpaired) electrons. The number of likely N-dealkylation sites (N-methyl/N-ethyl adjacent to an activating group) is 1. The largest absolute Gasteiger partial charge is 0.496 e. The van der Waals surface area contributed by atoms with Gasteiger partial charge in [0.25, 0.3) is 0 Å². The number of hydrogen-bond donors (Lipinski definition) is 1. The van der Waals surface area contributed by atoms with Crippen LogP contribution in [0.15, 0.2) is 22.7 Å². The summed E-state index contributed by atoms with van der Waals surface area (Å²) >= 11 is 3.54. The molecule has 0 spiro atoms. The summed E-state index contributed by atoms with van der Waals surface area (Å²) in [4.78, 5) is 0. The van der Waals surface area contributed by atoms with Gasteiger partial charge in [-0.3, -0.25) is 0 Å². The summed E-state index contributed by atoms with van der Waals surface area (Å²) in [5.74, 6) is 0.867. The standard InChI is InChI=1S/C16H26BrNO2/c1-6-18-13(11-16(2,3)20-5)9-12-7-8-15(19-4)14(17)10-12/h7-8,10,13,18H,6,9,11H2,1-5H3. The van der Waals surface area contributed by atoms with Gasteiger partial charge in [-0.2, -0.15) is 0 Å². The van der Waals surface area contributed by atoms with Crippen molar-refractivity contribution >= 4 is 15.9 Å². The number of hydrogen-bond acceptors (Lipinski definition) is 3. The average molecular weight is 344 g/mol. The van der Waals surface area contributed by atoms with E-state index in [2.05, 4.69) is 54.2 Å². The molecule has 1 N–H and O–H groups in total. The van der Waals surface area contributed by atoms with Crippen molar-refractivity contribution in [3.05, 3.63) is 28.2 Å². The Kier molecular flexibility index (Phi) is 7.00. The molecule has 0 saturated carbocycles. The van der Waals surface area contributed by atoms with Gasteiger partial charge in [-0.1, -0.05) is 13.0 Å². The maximum Gasteiger partial charge on any atom is 0.133 e. The zero-order valence-electron chi connectivity index (χ0n) is 13.1. The number of benzene rings is 1. The van der Waals surface area contributed by atoms with Crippen LogP contribution in [0, 0.1) is 0 Å².